The SMILES string of the molecule is N#Cc1ccc(/C=C/C=C/c2cc3c4c(c2)CCCN4CCC3)cc1. The molecule has 0 aliphatic carbocycles. The minimum atomic E-state index is 0.699. The van der Waals surface area contributed by atoms with E-state index in [0.717, 1.165) is 5.56 Å². The van der Waals surface area contributed by atoms with Crippen molar-refractivity contribution in [2.75, 3.05) is 18.0 Å². The molecule has 2 heterocycles. The molecule has 0 unspecified atom stereocenters. The van der Waals surface area contributed by atoms with Gasteiger partial charge in [-0.05, 0) is 72.2 Å². The summed E-state index contributed by atoms with van der Waals surface area (Å²) in [5, 5.41) is 8.83. The molecule has 0 saturated carbocycles. The first-order chi connectivity index (χ1) is 12.3. The maximum absolute atomic E-state index is 8.83. The Bertz CT molecular complexity index is 835. The van der Waals surface area contributed by atoms with Gasteiger partial charge in [-0.15, -0.1) is 0 Å². The van der Waals surface area contributed by atoms with Crippen LogP contribution in [-0.4, -0.2) is 13.1 Å². The molecule has 0 radical (unpaired) electrons. The van der Waals surface area contributed by atoms with Crippen molar-refractivity contribution in [3.8, 4) is 6.07 Å². The number of nitrogens with zero attached hydrogens (tertiary/aromatic N) is 2. The van der Waals surface area contributed by atoms with Gasteiger partial charge in [-0.3, -0.25) is 0 Å². The monoisotopic (exact) mass is 326 g/mol. The van der Waals surface area contributed by atoms with Crippen LogP contribution in [0.2, 0.25) is 0 Å². The molecule has 4 rings (SSSR count). The molecule has 0 atom stereocenters. The maximum Gasteiger partial charge on any atom is 0.0991 e. The van der Waals surface area contributed by atoms with Crippen molar-refractivity contribution < 1.29 is 0 Å². The van der Waals surface area contributed by atoms with Crippen molar-refractivity contribution in [3.05, 3.63) is 76.4 Å². The normalized spacial score (nSPS) is 16.2. The Kier molecular flexibility index (Phi) is 4.39. The van der Waals surface area contributed by atoms with Crippen LogP contribution < -0.4 is 4.90 Å². The zero-order chi connectivity index (χ0) is 17.1. The van der Waals surface area contributed by atoms with E-state index in [4.69, 9.17) is 5.26 Å². The van der Waals surface area contributed by atoms with Gasteiger partial charge in [0.05, 0.1) is 11.6 Å². The fourth-order valence-corrected chi connectivity index (χ4v) is 3.93. The third-order valence-electron chi connectivity index (χ3n) is 5.08. The number of hydrogen-bond acceptors (Lipinski definition) is 2. The minimum absolute atomic E-state index is 0.699. The number of rotatable bonds is 3. The summed E-state index contributed by atoms with van der Waals surface area (Å²) in [4.78, 5) is 2.58. The van der Waals surface area contributed by atoms with Gasteiger partial charge in [-0.25, -0.2) is 0 Å². The van der Waals surface area contributed by atoms with E-state index in [1.54, 1.807) is 0 Å². The first-order valence-corrected chi connectivity index (χ1v) is 9.09. The molecule has 2 nitrogen and oxygen atoms in total. The van der Waals surface area contributed by atoms with Gasteiger partial charge >= 0.3 is 0 Å². The van der Waals surface area contributed by atoms with E-state index in [9.17, 15) is 0 Å². The summed E-state index contributed by atoms with van der Waals surface area (Å²) in [6.07, 6.45) is 13.4. The quantitative estimate of drug-likeness (QED) is 0.744. The zero-order valence-electron chi connectivity index (χ0n) is 14.4. The summed E-state index contributed by atoms with van der Waals surface area (Å²) in [5.74, 6) is 0. The molecule has 0 aromatic heterocycles. The van der Waals surface area contributed by atoms with Crippen molar-refractivity contribution in [1.82, 2.24) is 0 Å². The van der Waals surface area contributed by atoms with Crippen LogP contribution in [-0.2, 0) is 12.8 Å². The Morgan fingerprint density at radius 1 is 0.840 bits per heavy atom. The number of anilines is 1. The standard InChI is InChI=1S/C23H22N2/c24-17-19-11-9-18(10-12-19)5-1-2-6-20-15-21-7-3-13-25-14-4-8-22(16-20)23(21)25/h1-2,5-6,9-12,15-16H,3-4,7-8,13-14H2/b5-1+,6-2+. The minimum Gasteiger partial charge on any atom is -0.371 e. The lowest BCUT2D eigenvalue weighted by atomic mass is 9.90. The molecule has 2 aliphatic rings. The molecule has 2 aromatic rings. The predicted octanol–water partition coefficient (Wildman–Crippen LogP) is 4.98. The highest BCUT2D eigenvalue weighted by atomic mass is 15.1. The molecule has 0 fully saturated rings. The average Bonchev–Trinajstić information content (AvgIpc) is 2.66. The van der Waals surface area contributed by atoms with Gasteiger partial charge in [-0.2, -0.15) is 5.26 Å². The molecular weight excluding hydrogens is 304 g/mol. The van der Waals surface area contributed by atoms with E-state index in [2.05, 4.69) is 47.4 Å². The third-order valence-corrected chi connectivity index (χ3v) is 5.08. The summed E-state index contributed by atoms with van der Waals surface area (Å²) in [7, 11) is 0. The Morgan fingerprint density at radius 2 is 1.44 bits per heavy atom. The Morgan fingerprint density at radius 3 is 2.04 bits per heavy atom. The van der Waals surface area contributed by atoms with Gasteiger partial charge in [0.2, 0.25) is 0 Å². The van der Waals surface area contributed by atoms with Crippen LogP contribution in [0.4, 0.5) is 5.69 Å². The van der Waals surface area contributed by atoms with E-state index in [1.165, 1.54) is 61.2 Å². The van der Waals surface area contributed by atoms with Crippen LogP contribution in [0, 0.1) is 11.3 Å². The largest absolute Gasteiger partial charge is 0.371 e. The van der Waals surface area contributed by atoms with Gasteiger partial charge in [0.15, 0.2) is 0 Å². The topological polar surface area (TPSA) is 27.0 Å². The predicted molar refractivity (Wildman–Crippen MR) is 105 cm³/mol. The summed E-state index contributed by atoms with van der Waals surface area (Å²) in [5.41, 5.74) is 7.70. The van der Waals surface area contributed by atoms with Crippen molar-refractivity contribution in [1.29, 1.82) is 5.26 Å². The molecule has 0 spiro atoms. The van der Waals surface area contributed by atoms with Gasteiger partial charge < -0.3 is 4.90 Å². The van der Waals surface area contributed by atoms with E-state index < -0.39 is 0 Å². The van der Waals surface area contributed by atoms with Crippen molar-refractivity contribution in [3.63, 3.8) is 0 Å². The van der Waals surface area contributed by atoms with Crippen molar-refractivity contribution >= 4 is 17.8 Å². The second-order valence-corrected chi connectivity index (χ2v) is 6.83. The molecule has 0 N–H and O–H groups in total. The first kappa shape index (κ1) is 15.7. The van der Waals surface area contributed by atoms with E-state index in [1.807, 2.05) is 24.3 Å². The van der Waals surface area contributed by atoms with Crippen LogP contribution >= 0.6 is 0 Å². The maximum atomic E-state index is 8.83. The molecule has 0 saturated heterocycles. The van der Waals surface area contributed by atoms with E-state index >= 15 is 0 Å². The number of nitriles is 1. The molecule has 25 heavy (non-hydrogen) atoms. The number of hydrogen-bond donors (Lipinski definition) is 0. The Labute approximate surface area is 149 Å². The highest BCUT2D eigenvalue weighted by Gasteiger charge is 2.23. The van der Waals surface area contributed by atoms with Gasteiger partial charge in [-0.1, -0.05) is 36.4 Å². The number of allylic oxidation sites excluding steroid dienone is 2. The molecule has 2 aliphatic heterocycles. The smallest absolute Gasteiger partial charge is 0.0991 e. The van der Waals surface area contributed by atoms with Crippen molar-refractivity contribution in [2.45, 2.75) is 25.7 Å². The van der Waals surface area contributed by atoms with E-state index in [-0.39, 0.29) is 0 Å². The fourth-order valence-electron chi connectivity index (χ4n) is 3.93. The van der Waals surface area contributed by atoms with E-state index in [0.29, 0.717) is 5.56 Å². The average molecular weight is 326 g/mol. The van der Waals surface area contributed by atoms with Gasteiger partial charge in [0.1, 0.15) is 0 Å². The second kappa shape index (κ2) is 6.99. The van der Waals surface area contributed by atoms with Gasteiger partial charge in [0.25, 0.3) is 0 Å². The second-order valence-electron chi connectivity index (χ2n) is 6.83. The fraction of sp³-hybridized carbons (Fsp3) is 0.261. The molecule has 2 heteroatoms. The Balaban J connectivity index is 1.51. The molecule has 2 aromatic carbocycles. The number of benzene rings is 2. The lowest BCUT2D eigenvalue weighted by Crippen LogP contribution is -2.34. The molecule has 0 bridgehead atoms. The highest BCUT2D eigenvalue weighted by Crippen LogP contribution is 2.36. The molecule has 124 valence electrons. The van der Waals surface area contributed by atoms with Crippen LogP contribution in [0.25, 0.3) is 12.2 Å². The third kappa shape index (κ3) is 3.37. The van der Waals surface area contributed by atoms with Crippen LogP contribution in [0.3, 0.4) is 0 Å². The Hall–Kier alpha value is -2.79. The summed E-state index contributed by atoms with van der Waals surface area (Å²) >= 11 is 0. The first-order valence-electron chi connectivity index (χ1n) is 9.09. The van der Waals surface area contributed by atoms with Crippen LogP contribution in [0.1, 0.15) is 40.7 Å². The number of aryl methyl sites for hydroxylation is 2. The van der Waals surface area contributed by atoms with Crippen LogP contribution in [0.15, 0.2) is 48.6 Å². The molecule has 0 amide bonds. The lowest BCUT2D eigenvalue weighted by molar-refractivity contribution is 0.634. The summed E-state index contributed by atoms with van der Waals surface area (Å²) in [6.45, 7) is 2.45. The van der Waals surface area contributed by atoms with Gasteiger partial charge in [0, 0.05) is 18.8 Å². The summed E-state index contributed by atoms with van der Waals surface area (Å²) in [6, 6.07) is 14.5. The molecular formula is C23H22N2. The summed E-state index contributed by atoms with van der Waals surface area (Å²) < 4.78 is 0. The lowest BCUT2D eigenvalue weighted by Gasteiger charge is -2.37. The van der Waals surface area contributed by atoms with Crippen molar-refractivity contribution in [2.24, 2.45) is 0 Å². The highest BCUT2D eigenvalue weighted by molar-refractivity contribution is 5.68. The van der Waals surface area contributed by atoms with Crippen LogP contribution in [0.5, 0.6) is 0 Å². The zero-order valence-corrected chi connectivity index (χ0v) is 14.4.